The minimum absolute atomic E-state index is 0.0959. The lowest BCUT2D eigenvalue weighted by Gasteiger charge is -2.10. The summed E-state index contributed by atoms with van der Waals surface area (Å²) < 4.78 is 16.2. The number of pyridine rings is 1. The van der Waals surface area contributed by atoms with Gasteiger partial charge in [0.05, 0.1) is 23.6 Å². The second kappa shape index (κ2) is 6.38. The van der Waals surface area contributed by atoms with Gasteiger partial charge in [0, 0.05) is 17.1 Å². The molecule has 1 N–H and O–H groups in total. The van der Waals surface area contributed by atoms with Gasteiger partial charge >= 0.3 is 0 Å². The van der Waals surface area contributed by atoms with E-state index in [1.54, 1.807) is 30.6 Å². The molecule has 136 valence electrons. The predicted molar refractivity (Wildman–Crippen MR) is 104 cm³/mol. The fraction of sp³-hybridized carbons (Fsp3) is 0.0476. The first kappa shape index (κ1) is 16.3. The Bertz CT molecular complexity index is 1390. The molecule has 0 fully saturated rings. The highest BCUT2D eigenvalue weighted by Crippen LogP contribution is 2.28. The van der Waals surface area contributed by atoms with E-state index in [0.29, 0.717) is 16.6 Å². The summed E-state index contributed by atoms with van der Waals surface area (Å²) in [7, 11) is 0. The first-order valence-corrected chi connectivity index (χ1v) is 8.72. The first-order chi connectivity index (χ1) is 13.7. The maximum Gasteiger partial charge on any atom is 0.263 e. The van der Waals surface area contributed by atoms with Crippen LogP contribution >= 0.6 is 0 Å². The van der Waals surface area contributed by atoms with Crippen molar-refractivity contribution in [3.8, 4) is 11.1 Å². The van der Waals surface area contributed by atoms with Crippen LogP contribution in [-0.2, 0) is 6.54 Å². The van der Waals surface area contributed by atoms with Crippen LogP contribution in [0.25, 0.3) is 33.1 Å². The number of aromatic nitrogens is 5. The monoisotopic (exact) mass is 371 g/mol. The molecule has 0 aliphatic heterocycles. The largest absolute Gasteiger partial charge is 0.294 e. The van der Waals surface area contributed by atoms with Crippen LogP contribution in [-0.4, -0.2) is 24.7 Å². The molecule has 0 spiro atoms. The standard InChI is InChI=1S/C21H14FN5O/c22-18-9-13(15-3-1-5-19-17(15)10-25-26-19)6-7-14(18)11-27-12-24-20-16(21(27)28)4-2-8-23-20/h1-10,12H,11H2,(H,25,26). The Labute approximate surface area is 158 Å². The van der Waals surface area contributed by atoms with Gasteiger partial charge in [-0.25, -0.2) is 14.4 Å². The molecule has 3 heterocycles. The fourth-order valence-corrected chi connectivity index (χ4v) is 3.36. The molecule has 0 saturated carbocycles. The summed E-state index contributed by atoms with van der Waals surface area (Å²) in [5.41, 5.74) is 3.09. The van der Waals surface area contributed by atoms with Crippen molar-refractivity contribution in [1.29, 1.82) is 0 Å². The zero-order valence-corrected chi connectivity index (χ0v) is 14.6. The quantitative estimate of drug-likeness (QED) is 0.526. The zero-order valence-electron chi connectivity index (χ0n) is 14.6. The van der Waals surface area contributed by atoms with Crippen molar-refractivity contribution in [2.24, 2.45) is 0 Å². The van der Waals surface area contributed by atoms with Crippen LogP contribution in [0.1, 0.15) is 5.56 Å². The van der Waals surface area contributed by atoms with E-state index in [4.69, 9.17) is 0 Å². The van der Waals surface area contributed by atoms with Gasteiger partial charge in [-0.1, -0.05) is 24.3 Å². The summed E-state index contributed by atoms with van der Waals surface area (Å²) in [6, 6.07) is 14.1. The van der Waals surface area contributed by atoms with Crippen LogP contribution < -0.4 is 5.56 Å². The number of halogens is 1. The van der Waals surface area contributed by atoms with Crippen LogP contribution in [0.5, 0.6) is 0 Å². The van der Waals surface area contributed by atoms with Gasteiger partial charge in [-0.3, -0.25) is 14.5 Å². The van der Waals surface area contributed by atoms with Crippen LogP contribution in [0.3, 0.4) is 0 Å². The Morgan fingerprint density at radius 1 is 1.04 bits per heavy atom. The van der Waals surface area contributed by atoms with E-state index in [0.717, 1.165) is 22.0 Å². The van der Waals surface area contributed by atoms with E-state index in [9.17, 15) is 9.18 Å². The van der Waals surface area contributed by atoms with Crippen molar-refractivity contribution in [2.45, 2.75) is 6.54 Å². The number of benzene rings is 2. The molecule has 6 nitrogen and oxygen atoms in total. The number of H-pyrrole nitrogens is 1. The second-order valence-corrected chi connectivity index (χ2v) is 6.50. The highest BCUT2D eigenvalue weighted by molar-refractivity contribution is 5.94. The van der Waals surface area contributed by atoms with Crippen LogP contribution in [0, 0.1) is 5.82 Å². The highest BCUT2D eigenvalue weighted by Gasteiger charge is 2.11. The van der Waals surface area contributed by atoms with Crippen molar-refractivity contribution >= 4 is 21.9 Å². The lowest BCUT2D eigenvalue weighted by molar-refractivity contribution is 0.596. The van der Waals surface area contributed by atoms with E-state index in [-0.39, 0.29) is 17.9 Å². The smallest absolute Gasteiger partial charge is 0.263 e. The van der Waals surface area contributed by atoms with Gasteiger partial charge in [0.2, 0.25) is 0 Å². The third-order valence-corrected chi connectivity index (χ3v) is 4.79. The van der Waals surface area contributed by atoms with Gasteiger partial charge in [-0.2, -0.15) is 5.10 Å². The molecule has 5 aromatic rings. The number of hydrogen-bond donors (Lipinski definition) is 1. The van der Waals surface area contributed by atoms with Crippen molar-refractivity contribution in [2.75, 3.05) is 0 Å². The average molecular weight is 371 g/mol. The lowest BCUT2D eigenvalue weighted by Crippen LogP contribution is -2.21. The van der Waals surface area contributed by atoms with E-state index in [1.807, 2.05) is 24.3 Å². The van der Waals surface area contributed by atoms with E-state index < -0.39 is 0 Å². The van der Waals surface area contributed by atoms with Gasteiger partial charge in [0.1, 0.15) is 12.1 Å². The minimum atomic E-state index is -0.379. The highest BCUT2D eigenvalue weighted by atomic mass is 19.1. The second-order valence-electron chi connectivity index (χ2n) is 6.50. The Morgan fingerprint density at radius 2 is 1.96 bits per heavy atom. The van der Waals surface area contributed by atoms with E-state index in [2.05, 4.69) is 20.2 Å². The molecule has 0 aliphatic carbocycles. The summed E-state index contributed by atoms with van der Waals surface area (Å²) in [6.07, 6.45) is 4.71. The van der Waals surface area contributed by atoms with Crippen LogP contribution in [0.2, 0.25) is 0 Å². The molecule has 0 radical (unpaired) electrons. The van der Waals surface area contributed by atoms with E-state index >= 15 is 0 Å². The zero-order chi connectivity index (χ0) is 19.1. The predicted octanol–water partition coefficient (Wildman–Crippen LogP) is 3.52. The Morgan fingerprint density at radius 3 is 2.86 bits per heavy atom. The van der Waals surface area contributed by atoms with E-state index in [1.165, 1.54) is 17.0 Å². The molecule has 7 heteroatoms. The number of aromatic amines is 1. The first-order valence-electron chi connectivity index (χ1n) is 8.72. The average Bonchev–Trinajstić information content (AvgIpc) is 3.20. The molecule has 0 atom stereocenters. The normalized spacial score (nSPS) is 11.3. The lowest BCUT2D eigenvalue weighted by atomic mass is 10.0. The molecule has 2 aromatic carbocycles. The van der Waals surface area contributed by atoms with Gasteiger partial charge in [-0.15, -0.1) is 0 Å². The summed E-state index contributed by atoms with van der Waals surface area (Å²) in [6.45, 7) is 0.0959. The van der Waals surface area contributed by atoms with Gasteiger partial charge in [0.15, 0.2) is 5.65 Å². The van der Waals surface area contributed by atoms with Crippen LogP contribution in [0.4, 0.5) is 4.39 Å². The van der Waals surface area contributed by atoms with Crippen LogP contribution in [0.15, 0.2) is 72.0 Å². The fourth-order valence-electron chi connectivity index (χ4n) is 3.36. The summed E-state index contributed by atoms with van der Waals surface area (Å²) in [5, 5.41) is 8.30. The minimum Gasteiger partial charge on any atom is -0.294 e. The molecule has 0 saturated heterocycles. The SMILES string of the molecule is O=c1c2cccnc2ncn1Cc1ccc(-c2cccc3[nH]ncc23)cc1F. The molecular weight excluding hydrogens is 357 g/mol. The number of nitrogens with zero attached hydrogens (tertiary/aromatic N) is 4. The summed E-state index contributed by atoms with van der Waals surface area (Å²) in [4.78, 5) is 20.8. The van der Waals surface area contributed by atoms with Gasteiger partial charge in [0.25, 0.3) is 5.56 Å². The molecule has 3 aromatic heterocycles. The van der Waals surface area contributed by atoms with Crippen molar-refractivity contribution in [3.05, 3.63) is 89.0 Å². The Balaban J connectivity index is 1.53. The van der Waals surface area contributed by atoms with Gasteiger partial charge < -0.3 is 0 Å². The molecule has 0 bridgehead atoms. The van der Waals surface area contributed by atoms with Gasteiger partial charge in [-0.05, 0) is 35.4 Å². The molecule has 28 heavy (non-hydrogen) atoms. The number of hydrogen-bond acceptors (Lipinski definition) is 4. The molecule has 0 unspecified atom stereocenters. The molecule has 0 amide bonds. The van der Waals surface area contributed by atoms with Crippen molar-refractivity contribution in [1.82, 2.24) is 24.7 Å². The van der Waals surface area contributed by atoms with Crippen molar-refractivity contribution < 1.29 is 4.39 Å². The molecule has 5 rings (SSSR count). The maximum absolute atomic E-state index is 14.8. The Kier molecular flexibility index (Phi) is 3.72. The maximum atomic E-state index is 14.8. The Hall–Kier alpha value is -3.87. The topological polar surface area (TPSA) is 76.5 Å². The van der Waals surface area contributed by atoms with Crippen molar-refractivity contribution in [3.63, 3.8) is 0 Å². The third kappa shape index (κ3) is 2.64. The summed E-state index contributed by atoms with van der Waals surface area (Å²) >= 11 is 0. The number of fused-ring (bicyclic) bond motifs is 2. The third-order valence-electron chi connectivity index (χ3n) is 4.79. The number of nitrogens with one attached hydrogen (secondary N) is 1. The summed E-state index contributed by atoms with van der Waals surface area (Å²) in [5.74, 6) is -0.379. The molecular formula is C21H14FN5O. The number of rotatable bonds is 3. The molecule has 0 aliphatic rings.